The highest BCUT2D eigenvalue weighted by Crippen LogP contribution is 2.22. The number of hydrogen-bond donors (Lipinski definition) is 2. The van der Waals surface area contributed by atoms with Crippen molar-refractivity contribution in [3.8, 4) is 0 Å². The number of rotatable bonds is 7. The topological polar surface area (TPSA) is 49.0 Å². The fourth-order valence-corrected chi connectivity index (χ4v) is 3.65. The van der Waals surface area contributed by atoms with Gasteiger partial charge in [0.25, 0.3) is 5.91 Å². The number of anilines is 2. The third-order valence-electron chi connectivity index (χ3n) is 5.08. The van der Waals surface area contributed by atoms with Crippen LogP contribution in [0.25, 0.3) is 0 Å². The molecule has 0 radical (unpaired) electrons. The van der Waals surface area contributed by atoms with Gasteiger partial charge in [0, 0.05) is 35.9 Å². The lowest BCUT2D eigenvalue weighted by Crippen LogP contribution is -2.88. The van der Waals surface area contributed by atoms with E-state index in [4.69, 9.17) is 0 Å². The molecule has 2 aromatic carbocycles. The van der Waals surface area contributed by atoms with Crippen LogP contribution in [0.3, 0.4) is 0 Å². The smallest absolute Gasteiger partial charge is 0.279 e. The van der Waals surface area contributed by atoms with Crippen LogP contribution in [0.4, 0.5) is 11.4 Å². The minimum absolute atomic E-state index is 0.0421. The fourth-order valence-electron chi connectivity index (χ4n) is 3.65. The van der Waals surface area contributed by atoms with Crippen LogP contribution in [0.15, 0.2) is 54.6 Å². The summed E-state index contributed by atoms with van der Waals surface area (Å²) < 4.78 is 0. The predicted molar refractivity (Wildman–Crippen MR) is 107 cm³/mol. The van der Waals surface area contributed by atoms with Gasteiger partial charge in [-0.15, -0.1) is 0 Å². The molecule has 1 fully saturated rings. The largest absolute Gasteiger partial charge is 0.372 e. The minimum atomic E-state index is 0.0421. The molecule has 1 saturated heterocycles. The van der Waals surface area contributed by atoms with Crippen molar-refractivity contribution in [1.29, 1.82) is 0 Å². The Morgan fingerprint density at radius 1 is 1.04 bits per heavy atom. The molecule has 4 heteroatoms. The van der Waals surface area contributed by atoms with E-state index in [2.05, 4.69) is 65.8 Å². The van der Waals surface area contributed by atoms with Gasteiger partial charge in [0.15, 0.2) is 6.54 Å². The number of quaternary nitrogens is 1. The number of carbonyl (C=O) groups excluding carboxylic acids is 1. The Bertz CT molecular complexity index is 691. The van der Waals surface area contributed by atoms with Gasteiger partial charge >= 0.3 is 0 Å². The normalized spacial score (nSPS) is 15.3. The van der Waals surface area contributed by atoms with Crippen molar-refractivity contribution in [2.75, 3.05) is 29.9 Å². The standard InChI is InChI=1S/C22H29N3O/c1-17(2)22(18-8-4-3-5-9-18)23-16-21(26)24-19-10-12-20(13-11-19)25-14-6-7-15-25/h3-5,8-13,17,22-23H,6-7,14-16H2,1-2H3,(H,24,26)/p+1/t22-/m1/s1. The Labute approximate surface area is 156 Å². The average molecular weight is 353 g/mol. The van der Waals surface area contributed by atoms with E-state index in [-0.39, 0.29) is 5.91 Å². The second kappa shape index (κ2) is 8.86. The van der Waals surface area contributed by atoms with Gasteiger partial charge in [0.1, 0.15) is 6.04 Å². The minimum Gasteiger partial charge on any atom is -0.372 e. The molecule has 3 rings (SSSR count). The van der Waals surface area contributed by atoms with Crippen molar-refractivity contribution in [3.63, 3.8) is 0 Å². The number of hydrogen-bond acceptors (Lipinski definition) is 2. The summed E-state index contributed by atoms with van der Waals surface area (Å²) in [5.41, 5.74) is 3.38. The first-order valence-corrected chi connectivity index (χ1v) is 9.66. The summed E-state index contributed by atoms with van der Waals surface area (Å²) in [5.74, 6) is 0.505. The maximum atomic E-state index is 12.4. The van der Waals surface area contributed by atoms with Crippen molar-refractivity contribution in [2.45, 2.75) is 32.7 Å². The second-order valence-electron chi connectivity index (χ2n) is 7.41. The van der Waals surface area contributed by atoms with Crippen LogP contribution < -0.4 is 15.5 Å². The second-order valence-corrected chi connectivity index (χ2v) is 7.41. The van der Waals surface area contributed by atoms with Crippen molar-refractivity contribution in [1.82, 2.24) is 0 Å². The highest BCUT2D eigenvalue weighted by molar-refractivity contribution is 5.91. The van der Waals surface area contributed by atoms with Gasteiger partial charge in [-0.25, -0.2) is 0 Å². The van der Waals surface area contributed by atoms with Crippen molar-refractivity contribution >= 4 is 17.3 Å². The molecule has 0 aromatic heterocycles. The number of carbonyl (C=O) groups is 1. The van der Waals surface area contributed by atoms with Gasteiger partial charge < -0.3 is 15.5 Å². The molecular formula is C22H30N3O+. The molecule has 26 heavy (non-hydrogen) atoms. The first kappa shape index (κ1) is 18.5. The zero-order valence-electron chi connectivity index (χ0n) is 15.8. The maximum absolute atomic E-state index is 12.4. The molecule has 4 nitrogen and oxygen atoms in total. The van der Waals surface area contributed by atoms with Crippen LogP contribution in [0.1, 0.15) is 38.3 Å². The number of benzene rings is 2. The zero-order valence-corrected chi connectivity index (χ0v) is 15.8. The third-order valence-corrected chi connectivity index (χ3v) is 5.08. The summed E-state index contributed by atoms with van der Waals surface area (Å²) in [6.45, 7) is 7.09. The summed E-state index contributed by atoms with van der Waals surface area (Å²) in [4.78, 5) is 14.8. The molecule has 1 amide bonds. The molecule has 0 aliphatic carbocycles. The Kier molecular flexibility index (Phi) is 6.29. The predicted octanol–water partition coefficient (Wildman–Crippen LogP) is 3.19. The fraction of sp³-hybridized carbons (Fsp3) is 0.409. The molecule has 2 aromatic rings. The van der Waals surface area contributed by atoms with E-state index >= 15 is 0 Å². The highest BCUT2D eigenvalue weighted by atomic mass is 16.1. The zero-order chi connectivity index (χ0) is 18.4. The molecule has 1 heterocycles. The van der Waals surface area contributed by atoms with Gasteiger partial charge in [0.05, 0.1) is 0 Å². The van der Waals surface area contributed by atoms with Crippen molar-refractivity contribution < 1.29 is 10.1 Å². The summed E-state index contributed by atoms with van der Waals surface area (Å²) in [6, 6.07) is 18.9. The van der Waals surface area contributed by atoms with Crippen LogP contribution in [-0.4, -0.2) is 25.5 Å². The SMILES string of the molecule is CC(C)[C@@H]([NH2+]CC(=O)Nc1ccc(N2CCCC2)cc1)c1ccccc1. The van der Waals surface area contributed by atoms with Gasteiger partial charge in [-0.3, -0.25) is 4.79 Å². The van der Waals surface area contributed by atoms with E-state index in [1.165, 1.54) is 24.1 Å². The summed E-state index contributed by atoms with van der Waals surface area (Å²) in [7, 11) is 0. The van der Waals surface area contributed by atoms with E-state index in [0.717, 1.165) is 18.8 Å². The monoisotopic (exact) mass is 352 g/mol. The van der Waals surface area contributed by atoms with Gasteiger partial charge in [-0.1, -0.05) is 44.2 Å². The van der Waals surface area contributed by atoms with Crippen LogP contribution in [0.5, 0.6) is 0 Å². The van der Waals surface area contributed by atoms with Crippen LogP contribution >= 0.6 is 0 Å². The first-order valence-electron chi connectivity index (χ1n) is 9.66. The molecule has 1 atom stereocenters. The lowest BCUT2D eigenvalue weighted by molar-refractivity contribution is -0.692. The quantitative estimate of drug-likeness (QED) is 0.804. The molecule has 0 saturated carbocycles. The van der Waals surface area contributed by atoms with Gasteiger partial charge in [-0.2, -0.15) is 0 Å². The van der Waals surface area contributed by atoms with E-state index in [9.17, 15) is 4.79 Å². The lowest BCUT2D eigenvalue weighted by atomic mass is 9.96. The number of nitrogens with two attached hydrogens (primary N) is 1. The average Bonchev–Trinajstić information content (AvgIpc) is 3.18. The Hall–Kier alpha value is -2.33. The Balaban J connectivity index is 1.53. The van der Waals surface area contributed by atoms with Crippen LogP contribution in [0.2, 0.25) is 0 Å². The van der Waals surface area contributed by atoms with E-state index in [1.807, 2.05) is 18.2 Å². The summed E-state index contributed by atoms with van der Waals surface area (Å²) in [6.07, 6.45) is 2.54. The van der Waals surface area contributed by atoms with Gasteiger partial charge in [0.2, 0.25) is 0 Å². The molecule has 0 bridgehead atoms. The summed E-state index contributed by atoms with van der Waals surface area (Å²) >= 11 is 0. The van der Waals surface area contributed by atoms with Crippen molar-refractivity contribution in [3.05, 3.63) is 60.2 Å². The van der Waals surface area contributed by atoms with Crippen LogP contribution in [-0.2, 0) is 4.79 Å². The summed E-state index contributed by atoms with van der Waals surface area (Å²) in [5, 5.41) is 5.15. The highest BCUT2D eigenvalue weighted by Gasteiger charge is 2.20. The van der Waals surface area contributed by atoms with E-state index in [1.54, 1.807) is 0 Å². The number of amides is 1. The molecule has 0 spiro atoms. The molecule has 1 aliphatic rings. The number of nitrogens with one attached hydrogen (secondary N) is 1. The molecule has 3 N–H and O–H groups in total. The Morgan fingerprint density at radius 2 is 1.69 bits per heavy atom. The first-order chi connectivity index (χ1) is 12.6. The maximum Gasteiger partial charge on any atom is 0.279 e. The lowest BCUT2D eigenvalue weighted by Gasteiger charge is -2.20. The molecule has 0 unspecified atom stereocenters. The molecule has 1 aliphatic heterocycles. The molecular weight excluding hydrogens is 322 g/mol. The Morgan fingerprint density at radius 3 is 2.31 bits per heavy atom. The van der Waals surface area contributed by atoms with Crippen molar-refractivity contribution in [2.24, 2.45) is 5.92 Å². The van der Waals surface area contributed by atoms with Gasteiger partial charge in [-0.05, 0) is 37.1 Å². The van der Waals surface area contributed by atoms with Crippen LogP contribution in [0, 0.1) is 5.92 Å². The molecule has 138 valence electrons. The van der Waals surface area contributed by atoms with E-state index in [0.29, 0.717) is 18.5 Å². The van der Waals surface area contributed by atoms with E-state index < -0.39 is 0 Å². The third kappa shape index (κ3) is 4.85. The number of nitrogens with zero attached hydrogens (tertiary/aromatic N) is 1.